The van der Waals surface area contributed by atoms with E-state index in [0.29, 0.717) is 32.7 Å². The number of hydrogen-bond acceptors (Lipinski definition) is 3. The molecule has 0 aromatic heterocycles. The maximum atomic E-state index is 12.8. The molecule has 3 rings (SSSR count). The highest BCUT2D eigenvalue weighted by atomic mass is 127. The molecule has 0 bridgehead atoms. The number of amides is 2. The van der Waals surface area contributed by atoms with Crippen molar-refractivity contribution in [2.24, 2.45) is 0 Å². The minimum atomic E-state index is -0.0123. The smallest absolute Gasteiger partial charge is 0.255 e. The number of nitrogens with one attached hydrogen (secondary N) is 1. The fourth-order valence-corrected chi connectivity index (χ4v) is 3.96. The summed E-state index contributed by atoms with van der Waals surface area (Å²) in [5.74, 6) is 0.0642. The van der Waals surface area contributed by atoms with Gasteiger partial charge >= 0.3 is 0 Å². The highest BCUT2D eigenvalue weighted by Gasteiger charge is 2.24. The number of carbonyl (C=O) groups excluding carboxylic acids is 2. The van der Waals surface area contributed by atoms with E-state index in [2.05, 4.69) is 32.8 Å². The summed E-state index contributed by atoms with van der Waals surface area (Å²) in [6.45, 7) is 9.10. The highest BCUT2D eigenvalue weighted by Crippen LogP contribution is 2.20. The molecule has 0 saturated carbocycles. The summed E-state index contributed by atoms with van der Waals surface area (Å²) < 4.78 is 1.01. The molecule has 0 radical (unpaired) electrons. The molecular weight excluding hydrogens is 465 g/mol. The summed E-state index contributed by atoms with van der Waals surface area (Å²) in [6, 6.07) is 11.8. The second-order valence-electron chi connectivity index (χ2n) is 7.30. The fraction of sp³-hybridized carbons (Fsp3) is 0.364. The lowest BCUT2D eigenvalue weighted by Gasteiger charge is -2.34. The quantitative estimate of drug-likeness (QED) is 0.666. The van der Waals surface area contributed by atoms with Crippen molar-refractivity contribution in [1.82, 2.24) is 9.80 Å². The summed E-state index contributed by atoms with van der Waals surface area (Å²) in [6.07, 6.45) is 0. The van der Waals surface area contributed by atoms with Gasteiger partial charge in [0.05, 0.1) is 12.1 Å². The van der Waals surface area contributed by atoms with Crippen molar-refractivity contribution in [1.29, 1.82) is 0 Å². The number of rotatable bonds is 4. The van der Waals surface area contributed by atoms with Gasteiger partial charge in [0.2, 0.25) is 5.91 Å². The number of hydrogen-bond donors (Lipinski definition) is 1. The van der Waals surface area contributed by atoms with Crippen LogP contribution in [0.25, 0.3) is 0 Å². The highest BCUT2D eigenvalue weighted by molar-refractivity contribution is 14.1. The van der Waals surface area contributed by atoms with E-state index in [1.807, 2.05) is 62.1 Å². The van der Waals surface area contributed by atoms with Gasteiger partial charge in [-0.05, 0) is 72.2 Å². The Labute approximate surface area is 180 Å². The van der Waals surface area contributed by atoms with Gasteiger partial charge < -0.3 is 10.2 Å². The van der Waals surface area contributed by atoms with E-state index in [-0.39, 0.29) is 11.8 Å². The summed E-state index contributed by atoms with van der Waals surface area (Å²) in [5.41, 5.74) is 5.01. The van der Waals surface area contributed by atoms with Gasteiger partial charge in [0.25, 0.3) is 5.91 Å². The molecule has 0 aliphatic carbocycles. The molecule has 0 spiro atoms. The van der Waals surface area contributed by atoms with E-state index >= 15 is 0 Å². The molecule has 28 heavy (non-hydrogen) atoms. The molecule has 2 amide bonds. The zero-order valence-electron chi connectivity index (χ0n) is 16.6. The molecule has 148 valence electrons. The first kappa shape index (κ1) is 20.8. The normalized spacial score (nSPS) is 14.8. The Morgan fingerprint density at radius 1 is 0.964 bits per heavy atom. The molecule has 1 fully saturated rings. The number of nitrogens with zero attached hydrogens (tertiary/aromatic N) is 2. The summed E-state index contributed by atoms with van der Waals surface area (Å²) in [7, 11) is 0. The zero-order valence-corrected chi connectivity index (χ0v) is 18.7. The molecule has 0 atom stereocenters. The van der Waals surface area contributed by atoms with Crippen LogP contribution in [-0.4, -0.2) is 54.3 Å². The lowest BCUT2D eigenvalue weighted by Crippen LogP contribution is -2.50. The topological polar surface area (TPSA) is 52.7 Å². The molecule has 6 heteroatoms. The number of aryl methyl sites for hydroxylation is 2. The van der Waals surface area contributed by atoms with Gasteiger partial charge in [-0.15, -0.1) is 0 Å². The van der Waals surface area contributed by atoms with E-state index in [1.54, 1.807) is 0 Å². The fourth-order valence-electron chi connectivity index (χ4n) is 3.37. The molecule has 1 aliphatic heterocycles. The third-order valence-corrected chi connectivity index (χ3v) is 6.76. The maximum Gasteiger partial charge on any atom is 0.255 e. The van der Waals surface area contributed by atoms with Crippen LogP contribution in [0.1, 0.15) is 27.0 Å². The van der Waals surface area contributed by atoms with Gasteiger partial charge in [0, 0.05) is 35.4 Å². The van der Waals surface area contributed by atoms with Crippen molar-refractivity contribution in [3.05, 3.63) is 62.2 Å². The number of halogens is 1. The Morgan fingerprint density at radius 2 is 1.61 bits per heavy atom. The summed E-state index contributed by atoms with van der Waals surface area (Å²) in [4.78, 5) is 29.3. The molecule has 1 N–H and O–H groups in total. The van der Waals surface area contributed by atoms with Gasteiger partial charge in [0.1, 0.15) is 0 Å². The lowest BCUT2D eigenvalue weighted by molar-refractivity contribution is -0.117. The van der Waals surface area contributed by atoms with Crippen molar-refractivity contribution in [2.45, 2.75) is 20.8 Å². The van der Waals surface area contributed by atoms with Crippen molar-refractivity contribution >= 4 is 40.1 Å². The third kappa shape index (κ3) is 4.72. The first-order valence-electron chi connectivity index (χ1n) is 9.49. The van der Waals surface area contributed by atoms with Crippen LogP contribution < -0.4 is 5.32 Å². The molecule has 1 heterocycles. The van der Waals surface area contributed by atoms with Gasteiger partial charge in [-0.3, -0.25) is 14.5 Å². The number of carbonyl (C=O) groups is 2. The number of anilines is 1. The molecule has 2 aromatic rings. The largest absolute Gasteiger partial charge is 0.336 e. The molecule has 0 unspecified atom stereocenters. The Hall–Kier alpha value is -1.93. The second-order valence-corrected chi connectivity index (χ2v) is 8.38. The molecule has 1 aliphatic rings. The van der Waals surface area contributed by atoms with Crippen molar-refractivity contribution in [3.63, 3.8) is 0 Å². The van der Waals surface area contributed by atoms with Crippen LogP contribution in [0.5, 0.6) is 0 Å². The Kier molecular flexibility index (Phi) is 6.72. The number of benzene rings is 2. The lowest BCUT2D eigenvalue weighted by atomic mass is 10.1. The predicted molar refractivity (Wildman–Crippen MR) is 121 cm³/mol. The Bertz CT molecular complexity index is 889. The Balaban J connectivity index is 1.54. The van der Waals surface area contributed by atoms with Gasteiger partial charge in [-0.25, -0.2) is 0 Å². The second kappa shape index (κ2) is 9.05. The van der Waals surface area contributed by atoms with Crippen LogP contribution in [0.2, 0.25) is 0 Å². The average molecular weight is 491 g/mol. The monoisotopic (exact) mass is 491 g/mol. The zero-order chi connectivity index (χ0) is 20.3. The van der Waals surface area contributed by atoms with Crippen LogP contribution in [0.15, 0.2) is 36.4 Å². The average Bonchev–Trinajstić information content (AvgIpc) is 2.68. The molecule has 5 nitrogen and oxygen atoms in total. The van der Waals surface area contributed by atoms with Crippen LogP contribution in [0.3, 0.4) is 0 Å². The molecule has 2 aromatic carbocycles. The van der Waals surface area contributed by atoms with E-state index in [0.717, 1.165) is 31.5 Å². The predicted octanol–water partition coefficient (Wildman–Crippen LogP) is 3.61. The minimum absolute atomic E-state index is 0.0123. The Morgan fingerprint density at radius 3 is 2.32 bits per heavy atom. The van der Waals surface area contributed by atoms with Crippen molar-refractivity contribution < 1.29 is 9.59 Å². The first-order chi connectivity index (χ1) is 13.4. The van der Waals surface area contributed by atoms with E-state index < -0.39 is 0 Å². The SMILES string of the molecule is Cc1cccc(NC(=O)CN2CCN(C(=O)c3cccc(C)c3I)CC2)c1C. The third-order valence-electron chi connectivity index (χ3n) is 5.33. The van der Waals surface area contributed by atoms with E-state index in [9.17, 15) is 9.59 Å². The van der Waals surface area contributed by atoms with Crippen LogP contribution in [0, 0.1) is 24.3 Å². The van der Waals surface area contributed by atoms with Crippen LogP contribution in [-0.2, 0) is 4.79 Å². The van der Waals surface area contributed by atoms with Gasteiger partial charge in [0.15, 0.2) is 0 Å². The first-order valence-corrected chi connectivity index (χ1v) is 10.6. The molecule has 1 saturated heterocycles. The van der Waals surface area contributed by atoms with Crippen LogP contribution >= 0.6 is 22.6 Å². The van der Waals surface area contributed by atoms with Crippen LogP contribution in [0.4, 0.5) is 5.69 Å². The van der Waals surface area contributed by atoms with Crippen molar-refractivity contribution in [2.75, 3.05) is 38.0 Å². The molecular formula is C22H26IN3O2. The van der Waals surface area contributed by atoms with Gasteiger partial charge in [-0.2, -0.15) is 0 Å². The minimum Gasteiger partial charge on any atom is -0.336 e. The number of piperazine rings is 1. The summed E-state index contributed by atoms with van der Waals surface area (Å²) in [5, 5.41) is 3.01. The standard InChI is InChI=1S/C22H26IN3O2/c1-15-6-5-9-19(17(15)3)24-20(27)14-25-10-12-26(13-11-25)22(28)18-8-4-7-16(2)21(18)23/h4-9H,10-14H2,1-3H3,(H,24,27). The maximum absolute atomic E-state index is 12.8. The summed E-state index contributed by atoms with van der Waals surface area (Å²) >= 11 is 2.24. The van der Waals surface area contributed by atoms with Crippen molar-refractivity contribution in [3.8, 4) is 0 Å². The van der Waals surface area contributed by atoms with E-state index in [4.69, 9.17) is 0 Å². The van der Waals surface area contributed by atoms with E-state index in [1.165, 1.54) is 0 Å². The van der Waals surface area contributed by atoms with Gasteiger partial charge in [-0.1, -0.05) is 24.3 Å².